The number of aromatic nitrogens is 2. The summed E-state index contributed by atoms with van der Waals surface area (Å²) in [5, 5.41) is 9.42. The second-order valence-electron chi connectivity index (χ2n) is 3.49. The van der Waals surface area contributed by atoms with Gasteiger partial charge in [-0.2, -0.15) is 0 Å². The number of carbonyl (C=O) groups is 1. The third-order valence-corrected chi connectivity index (χ3v) is 3.47. The fourth-order valence-electron chi connectivity index (χ4n) is 1.36. The van der Waals surface area contributed by atoms with E-state index in [0.717, 1.165) is 22.9 Å². The lowest BCUT2D eigenvalue weighted by Crippen LogP contribution is -2.10. The first-order chi connectivity index (χ1) is 8.15. The van der Waals surface area contributed by atoms with Crippen LogP contribution < -0.4 is 5.73 Å². The number of rotatable bonds is 4. The molecule has 88 valence electrons. The number of amides is 1. The molecule has 0 saturated carbocycles. The molecule has 2 N–H and O–H groups in total. The molecule has 0 aliphatic heterocycles. The maximum atomic E-state index is 10.8. The maximum absolute atomic E-state index is 10.8. The van der Waals surface area contributed by atoms with Gasteiger partial charge in [-0.05, 0) is 24.1 Å². The molecule has 0 aliphatic rings. The molecule has 0 radical (unpaired) electrons. The third kappa shape index (κ3) is 3.25. The Kier molecular flexibility index (Phi) is 3.71. The Hall–Kier alpha value is -1.46. The fraction of sp³-hybridized carbons (Fsp3) is 0.182. The third-order valence-electron chi connectivity index (χ3n) is 2.22. The zero-order valence-corrected chi connectivity index (χ0v) is 10.5. The molecule has 0 unspecified atom stereocenters. The van der Waals surface area contributed by atoms with Gasteiger partial charge in [0.05, 0.1) is 0 Å². The first kappa shape index (κ1) is 12.0. The van der Waals surface area contributed by atoms with Crippen LogP contribution in [0, 0.1) is 0 Å². The Labute approximate surface area is 107 Å². The summed E-state index contributed by atoms with van der Waals surface area (Å²) in [6.07, 6.45) is 1.58. The Bertz CT molecular complexity index is 524. The summed E-state index contributed by atoms with van der Waals surface area (Å²) in [5.74, 6) is -0.528. The lowest BCUT2D eigenvalue weighted by molar-refractivity contribution is 0.0999. The molecule has 6 heteroatoms. The van der Waals surface area contributed by atoms with Gasteiger partial charge < -0.3 is 5.73 Å². The number of primary amides is 1. The van der Waals surface area contributed by atoms with Crippen LogP contribution in [0.1, 0.15) is 20.4 Å². The van der Waals surface area contributed by atoms with E-state index in [0.29, 0.717) is 0 Å². The van der Waals surface area contributed by atoms with Crippen molar-refractivity contribution in [2.45, 2.75) is 12.8 Å². The molecular weight excluding hydrogens is 258 g/mol. The van der Waals surface area contributed by atoms with Crippen LogP contribution >= 0.6 is 22.9 Å². The molecular formula is C11H10ClN3OS. The van der Waals surface area contributed by atoms with Crippen molar-refractivity contribution in [3.8, 4) is 0 Å². The summed E-state index contributed by atoms with van der Waals surface area (Å²) in [7, 11) is 0. The van der Waals surface area contributed by atoms with Crippen molar-refractivity contribution < 1.29 is 4.79 Å². The van der Waals surface area contributed by atoms with Gasteiger partial charge in [0, 0.05) is 11.4 Å². The van der Waals surface area contributed by atoms with Crippen LogP contribution in [0.25, 0.3) is 0 Å². The summed E-state index contributed by atoms with van der Waals surface area (Å²) in [6.45, 7) is 0. The minimum absolute atomic E-state index is 0.260. The van der Waals surface area contributed by atoms with Crippen molar-refractivity contribution in [2.24, 2.45) is 5.73 Å². The van der Waals surface area contributed by atoms with Gasteiger partial charge in [-0.3, -0.25) is 4.79 Å². The highest BCUT2D eigenvalue weighted by Gasteiger charge is 2.08. The molecule has 17 heavy (non-hydrogen) atoms. The second-order valence-corrected chi connectivity index (χ2v) is 4.99. The highest BCUT2D eigenvalue weighted by atomic mass is 35.5. The number of benzene rings is 1. The van der Waals surface area contributed by atoms with Crippen LogP contribution in [0.3, 0.4) is 0 Å². The van der Waals surface area contributed by atoms with Gasteiger partial charge in [-0.25, -0.2) is 0 Å². The Morgan fingerprint density at radius 3 is 2.53 bits per heavy atom. The molecule has 2 rings (SSSR count). The number of carbonyl (C=O) groups excluding carboxylic acids is 1. The number of aryl methyl sites for hydroxylation is 2. The van der Waals surface area contributed by atoms with Crippen LogP contribution in [-0.4, -0.2) is 16.1 Å². The molecule has 1 aromatic carbocycles. The van der Waals surface area contributed by atoms with E-state index in [2.05, 4.69) is 10.2 Å². The van der Waals surface area contributed by atoms with Crippen LogP contribution in [0.2, 0.25) is 5.02 Å². The molecule has 2 aromatic rings. The zero-order chi connectivity index (χ0) is 12.3. The Balaban J connectivity index is 1.97. The molecule has 0 fully saturated rings. The first-order valence-corrected chi connectivity index (χ1v) is 6.21. The average Bonchev–Trinajstić information content (AvgIpc) is 2.77. The molecule has 0 bridgehead atoms. The molecule has 0 saturated heterocycles. The Morgan fingerprint density at radius 1 is 1.24 bits per heavy atom. The minimum Gasteiger partial charge on any atom is -0.363 e. The van der Waals surface area contributed by atoms with Gasteiger partial charge in [0.15, 0.2) is 0 Å². The van der Waals surface area contributed by atoms with Crippen LogP contribution in [0.4, 0.5) is 0 Å². The molecule has 0 spiro atoms. The van der Waals surface area contributed by atoms with Gasteiger partial charge in [0.25, 0.3) is 5.91 Å². The first-order valence-electron chi connectivity index (χ1n) is 5.02. The summed E-state index contributed by atoms with van der Waals surface area (Å²) in [5.41, 5.74) is 6.28. The molecule has 0 aliphatic carbocycles. The van der Waals surface area contributed by atoms with Gasteiger partial charge in [-0.1, -0.05) is 35.1 Å². The normalized spacial score (nSPS) is 10.4. The predicted octanol–water partition coefficient (Wildman–Crippen LogP) is 2.08. The van der Waals surface area contributed by atoms with Crippen molar-refractivity contribution >= 4 is 28.8 Å². The molecule has 4 nitrogen and oxygen atoms in total. The quantitative estimate of drug-likeness (QED) is 0.922. The maximum Gasteiger partial charge on any atom is 0.279 e. The van der Waals surface area contributed by atoms with E-state index < -0.39 is 5.91 Å². The van der Waals surface area contributed by atoms with Crippen LogP contribution in [0.5, 0.6) is 0 Å². The smallest absolute Gasteiger partial charge is 0.279 e. The topological polar surface area (TPSA) is 68.9 Å². The van der Waals surface area contributed by atoms with E-state index in [4.69, 9.17) is 17.3 Å². The van der Waals surface area contributed by atoms with E-state index in [1.807, 2.05) is 24.3 Å². The van der Waals surface area contributed by atoms with Crippen molar-refractivity contribution in [1.29, 1.82) is 0 Å². The van der Waals surface area contributed by atoms with Crippen LogP contribution in [-0.2, 0) is 12.8 Å². The lowest BCUT2D eigenvalue weighted by atomic mass is 10.1. The summed E-state index contributed by atoms with van der Waals surface area (Å²) < 4.78 is 0. The number of hydrogen-bond acceptors (Lipinski definition) is 4. The summed E-state index contributed by atoms with van der Waals surface area (Å²) in [4.78, 5) is 10.8. The van der Waals surface area contributed by atoms with Crippen LogP contribution in [0.15, 0.2) is 24.3 Å². The lowest BCUT2D eigenvalue weighted by Gasteiger charge is -1.98. The average molecular weight is 268 g/mol. The molecule has 1 heterocycles. The van der Waals surface area contributed by atoms with Gasteiger partial charge >= 0.3 is 0 Å². The van der Waals surface area contributed by atoms with E-state index in [1.165, 1.54) is 16.9 Å². The van der Waals surface area contributed by atoms with E-state index in [9.17, 15) is 4.79 Å². The fourth-order valence-corrected chi connectivity index (χ4v) is 2.17. The summed E-state index contributed by atoms with van der Waals surface area (Å²) >= 11 is 7.04. The van der Waals surface area contributed by atoms with Crippen molar-refractivity contribution in [1.82, 2.24) is 10.2 Å². The van der Waals surface area contributed by atoms with Gasteiger partial charge in [-0.15, -0.1) is 10.2 Å². The standard InChI is InChI=1S/C11H10ClN3OS/c12-8-4-1-7(2-5-8)3-6-9-14-15-11(17-9)10(13)16/h1-2,4-5H,3,6H2,(H2,13,16). The molecule has 1 amide bonds. The summed E-state index contributed by atoms with van der Waals surface area (Å²) in [6, 6.07) is 7.65. The van der Waals surface area contributed by atoms with E-state index >= 15 is 0 Å². The van der Waals surface area contributed by atoms with Gasteiger partial charge in [0.2, 0.25) is 5.01 Å². The number of halogens is 1. The van der Waals surface area contributed by atoms with Crippen molar-refractivity contribution in [2.75, 3.05) is 0 Å². The highest BCUT2D eigenvalue weighted by Crippen LogP contribution is 2.14. The van der Waals surface area contributed by atoms with E-state index in [-0.39, 0.29) is 5.01 Å². The largest absolute Gasteiger partial charge is 0.363 e. The zero-order valence-electron chi connectivity index (χ0n) is 8.89. The monoisotopic (exact) mass is 267 g/mol. The minimum atomic E-state index is -0.528. The van der Waals surface area contributed by atoms with E-state index in [1.54, 1.807) is 0 Å². The molecule has 1 aromatic heterocycles. The SMILES string of the molecule is NC(=O)c1nnc(CCc2ccc(Cl)cc2)s1. The highest BCUT2D eigenvalue weighted by molar-refractivity contribution is 7.13. The number of nitrogens with zero attached hydrogens (tertiary/aromatic N) is 2. The van der Waals surface area contributed by atoms with Crippen molar-refractivity contribution in [3.05, 3.63) is 44.9 Å². The number of hydrogen-bond donors (Lipinski definition) is 1. The molecule has 0 atom stereocenters. The van der Waals surface area contributed by atoms with Crippen molar-refractivity contribution in [3.63, 3.8) is 0 Å². The van der Waals surface area contributed by atoms with Gasteiger partial charge in [0.1, 0.15) is 5.01 Å². The second kappa shape index (κ2) is 5.25. The predicted molar refractivity (Wildman–Crippen MR) is 67.3 cm³/mol. The number of nitrogens with two attached hydrogens (primary N) is 1. The Morgan fingerprint density at radius 2 is 1.94 bits per heavy atom.